The van der Waals surface area contributed by atoms with Gasteiger partial charge >= 0.3 is 0 Å². The lowest BCUT2D eigenvalue weighted by molar-refractivity contribution is 0.846. The molecule has 1 heterocycles. The van der Waals surface area contributed by atoms with Gasteiger partial charge in [-0.3, -0.25) is 0 Å². The second-order valence-corrected chi connectivity index (χ2v) is 3.26. The molecule has 0 radical (unpaired) electrons. The van der Waals surface area contributed by atoms with Crippen LogP contribution in [0.4, 0.5) is 0 Å². The van der Waals surface area contributed by atoms with Crippen LogP contribution < -0.4 is 0 Å². The molecule has 0 aliphatic rings. The summed E-state index contributed by atoms with van der Waals surface area (Å²) < 4.78 is 0. The summed E-state index contributed by atoms with van der Waals surface area (Å²) in [7, 11) is 0. The fourth-order valence-electron chi connectivity index (χ4n) is 0.588. The lowest BCUT2D eigenvalue weighted by atomic mass is 10.2. The maximum atomic E-state index is 5.76. The zero-order valence-electron chi connectivity index (χ0n) is 5.45. The first-order chi connectivity index (χ1) is 4.72. The van der Waals surface area contributed by atoms with Crippen LogP contribution in [0, 0.1) is 0 Å². The van der Waals surface area contributed by atoms with E-state index in [2.05, 4.69) is 28.0 Å². The standard InChI is InChI=1S/C5H8ClN3S/c1-3(6)5(10)4-2-7-9-8-4/h2-3,5,10H,1H3,(H,7,8,9). The minimum atomic E-state index is -0.0413. The summed E-state index contributed by atoms with van der Waals surface area (Å²) in [6.07, 6.45) is 1.62. The number of halogens is 1. The molecule has 1 aromatic rings. The van der Waals surface area contributed by atoms with Crippen molar-refractivity contribution < 1.29 is 0 Å². The molecule has 10 heavy (non-hydrogen) atoms. The van der Waals surface area contributed by atoms with Gasteiger partial charge in [0.25, 0.3) is 0 Å². The summed E-state index contributed by atoms with van der Waals surface area (Å²) in [5, 5.41) is 9.91. The van der Waals surface area contributed by atoms with Crippen molar-refractivity contribution in [3.05, 3.63) is 11.9 Å². The number of rotatable bonds is 2. The Morgan fingerprint density at radius 2 is 2.50 bits per heavy atom. The van der Waals surface area contributed by atoms with Gasteiger partial charge in [0.15, 0.2) is 0 Å². The Bertz CT molecular complexity index is 187. The molecule has 0 fully saturated rings. The smallest absolute Gasteiger partial charge is 0.0966 e. The van der Waals surface area contributed by atoms with E-state index in [0.717, 1.165) is 5.69 Å². The highest BCUT2D eigenvalue weighted by Gasteiger charge is 2.14. The lowest BCUT2D eigenvalue weighted by Gasteiger charge is -2.07. The molecule has 0 bridgehead atoms. The molecule has 0 saturated carbocycles. The van der Waals surface area contributed by atoms with Gasteiger partial charge in [0, 0.05) is 5.38 Å². The topological polar surface area (TPSA) is 41.6 Å². The number of aromatic nitrogens is 3. The number of alkyl halides is 1. The first kappa shape index (κ1) is 7.88. The molecule has 5 heteroatoms. The Morgan fingerprint density at radius 3 is 2.90 bits per heavy atom. The average molecular weight is 178 g/mol. The van der Waals surface area contributed by atoms with Crippen molar-refractivity contribution in [3.8, 4) is 0 Å². The van der Waals surface area contributed by atoms with Crippen LogP contribution in [0.5, 0.6) is 0 Å². The van der Waals surface area contributed by atoms with Gasteiger partial charge in [-0.05, 0) is 6.92 Å². The van der Waals surface area contributed by atoms with Crippen LogP contribution in [0.25, 0.3) is 0 Å². The largest absolute Gasteiger partial charge is 0.198 e. The van der Waals surface area contributed by atoms with Gasteiger partial charge in [-0.2, -0.15) is 28.0 Å². The third kappa shape index (κ3) is 1.64. The Hall–Kier alpha value is -0.220. The highest BCUT2D eigenvalue weighted by molar-refractivity contribution is 7.80. The zero-order valence-corrected chi connectivity index (χ0v) is 7.10. The van der Waals surface area contributed by atoms with Gasteiger partial charge in [-0.1, -0.05) is 0 Å². The van der Waals surface area contributed by atoms with E-state index in [9.17, 15) is 0 Å². The van der Waals surface area contributed by atoms with Crippen molar-refractivity contribution in [3.63, 3.8) is 0 Å². The Kier molecular flexibility index (Phi) is 2.56. The molecule has 1 aromatic heterocycles. The maximum absolute atomic E-state index is 5.76. The van der Waals surface area contributed by atoms with Crippen molar-refractivity contribution in [2.75, 3.05) is 0 Å². The number of nitrogens with one attached hydrogen (secondary N) is 1. The van der Waals surface area contributed by atoms with E-state index in [4.69, 9.17) is 11.6 Å². The SMILES string of the molecule is CC(Cl)C(S)c1cn[nH]n1. The van der Waals surface area contributed by atoms with Gasteiger partial charge in [0.1, 0.15) is 0 Å². The minimum absolute atomic E-state index is 0.0339. The number of hydrogen-bond acceptors (Lipinski definition) is 3. The molecule has 0 aromatic carbocycles. The third-order valence-corrected chi connectivity index (χ3v) is 2.31. The van der Waals surface area contributed by atoms with Crippen molar-refractivity contribution in [2.45, 2.75) is 17.6 Å². The quantitative estimate of drug-likeness (QED) is 0.530. The molecule has 0 spiro atoms. The molecule has 0 aliphatic heterocycles. The normalized spacial score (nSPS) is 16.7. The summed E-state index contributed by atoms with van der Waals surface area (Å²) in [6, 6.07) is 0. The molecule has 56 valence electrons. The fraction of sp³-hybridized carbons (Fsp3) is 0.600. The maximum Gasteiger partial charge on any atom is 0.0966 e. The number of H-pyrrole nitrogens is 1. The van der Waals surface area contributed by atoms with Crippen LogP contribution in [0.15, 0.2) is 6.20 Å². The second-order valence-electron chi connectivity index (χ2n) is 2.02. The number of aromatic amines is 1. The van der Waals surface area contributed by atoms with Crippen LogP contribution in [0.2, 0.25) is 0 Å². The van der Waals surface area contributed by atoms with Gasteiger partial charge in [-0.15, -0.1) is 11.6 Å². The first-order valence-electron chi connectivity index (χ1n) is 2.89. The predicted octanol–water partition coefficient (Wildman–Crippen LogP) is 1.40. The van der Waals surface area contributed by atoms with Gasteiger partial charge in [0.05, 0.1) is 17.1 Å². The van der Waals surface area contributed by atoms with E-state index in [1.807, 2.05) is 6.92 Å². The molecule has 0 aliphatic carbocycles. The van der Waals surface area contributed by atoms with Gasteiger partial charge < -0.3 is 0 Å². The zero-order chi connectivity index (χ0) is 7.56. The van der Waals surface area contributed by atoms with E-state index in [0.29, 0.717) is 0 Å². The summed E-state index contributed by atoms with van der Waals surface area (Å²) >= 11 is 9.99. The van der Waals surface area contributed by atoms with Crippen molar-refractivity contribution >= 4 is 24.2 Å². The fourth-order valence-corrected chi connectivity index (χ4v) is 0.842. The van der Waals surface area contributed by atoms with E-state index in [1.165, 1.54) is 0 Å². The third-order valence-electron chi connectivity index (χ3n) is 1.17. The molecular weight excluding hydrogens is 170 g/mol. The Morgan fingerprint density at radius 1 is 1.80 bits per heavy atom. The van der Waals surface area contributed by atoms with Gasteiger partial charge in [0.2, 0.25) is 0 Å². The molecule has 2 atom stereocenters. The average Bonchev–Trinajstić information content (AvgIpc) is 2.36. The molecule has 1 rings (SSSR count). The van der Waals surface area contributed by atoms with Crippen molar-refractivity contribution in [1.82, 2.24) is 15.4 Å². The van der Waals surface area contributed by atoms with E-state index in [-0.39, 0.29) is 10.6 Å². The van der Waals surface area contributed by atoms with Gasteiger partial charge in [-0.25, -0.2) is 0 Å². The molecule has 1 N–H and O–H groups in total. The number of thiol groups is 1. The summed E-state index contributed by atoms with van der Waals surface area (Å²) in [5.41, 5.74) is 0.783. The predicted molar refractivity (Wildman–Crippen MR) is 43.4 cm³/mol. The number of hydrogen-bond donors (Lipinski definition) is 2. The van der Waals surface area contributed by atoms with Crippen molar-refractivity contribution in [1.29, 1.82) is 0 Å². The van der Waals surface area contributed by atoms with Crippen LogP contribution in [-0.4, -0.2) is 20.8 Å². The summed E-state index contributed by atoms with van der Waals surface area (Å²) in [4.78, 5) is 0. The minimum Gasteiger partial charge on any atom is -0.198 e. The van der Waals surface area contributed by atoms with E-state index in [1.54, 1.807) is 6.20 Å². The molecular formula is C5H8ClN3S. The highest BCUT2D eigenvalue weighted by atomic mass is 35.5. The van der Waals surface area contributed by atoms with Crippen LogP contribution in [0.3, 0.4) is 0 Å². The first-order valence-corrected chi connectivity index (χ1v) is 3.85. The monoisotopic (exact) mass is 177 g/mol. The number of nitrogens with zero attached hydrogens (tertiary/aromatic N) is 2. The van der Waals surface area contributed by atoms with E-state index >= 15 is 0 Å². The van der Waals surface area contributed by atoms with Crippen molar-refractivity contribution in [2.24, 2.45) is 0 Å². The summed E-state index contributed by atoms with van der Waals surface area (Å²) in [6.45, 7) is 1.87. The molecule has 0 amide bonds. The second kappa shape index (κ2) is 3.25. The molecule has 2 unspecified atom stereocenters. The Balaban J connectivity index is 2.68. The van der Waals surface area contributed by atoms with Crippen LogP contribution in [0.1, 0.15) is 17.9 Å². The summed E-state index contributed by atoms with van der Waals surface area (Å²) in [5.74, 6) is 0. The van der Waals surface area contributed by atoms with Crippen LogP contribution in [-0.2, 0) is 0 Å². The van der Waals surface area contributed by atoms with E-state index < -0.39 is 0 Å². The molecule has 0 saturated heterocycles. The Labute approximate surface area is 69.6 Å². The highest BCUT2D eigenvalue weighted by Crippen LogP contribution is 2.24. The van der Waals surface area contributed by atoms with Crippen LogP contribution >= 0.6 is 24.2 Å². The molecule has 3 nitrogen and oxygen atoms in total. The lowest BCUT2D eigenvalue weighted by Crippen LogP contribution is -2.02.